The molecule has 0 aliphatic carbocycles. The van der Waals surface area contributed by atoms with Crippen LogP contribution in [0.25, 0.3) is 11.0 Å². The first kappa shape index (κ1) is 21.2. The Hall–Kier alpha value is -4.08. The number of fused-ring (bicyclic) bond motifs is 1. The molecule has 1 heterocycles. The van der Waals surface area contributed by atoms with Crippen LogP contribution < -0.4 is 5.32 Å². The number of para-hydroxylation sites is 2. The number of hydrogen-bond acceptors (Lipinski definition) is 3. The number of ketones is 1. The third-order valence-electron chi connectivity index (χ3n) is 4.62. The molecule has 0 spiro atoms. The van der Waals surface area contributed by atoms with Crippen molar-refractivity contribution in [2.75, 3.05) is 5.32 Å². The molecule has 0 unspecified atom stereocenters. The second-order valence-corrected chi connectivity index (χ2v) is 6.74. The highest BCUT2D eigenvalue weighted by Gasteiger charge is 2.24. The molecule has 1 N–H and O–H groups in total. The SMILES string of the molecule is O=C(Cn1c(C(=O)c2cccc(F)c2)nc2ccccc21)Nc1c(F)c(F)cc(F)c1F. The van der Waals surface area contributed by atoms with Gasteiger partial charge in [0, 0.05) is 11.6 Å². The standard InChI is InChI=1S/C22H12F5N3O2/c23-12-5-3-4-11(8-12)21(32)22-28-15-6-1-2-7-16(15)30(22)10-17(31)29-20-18(26)13(24)9-14(25)19(20)27/h1-9H,10H2,(H,29,31). The average molecular weight is 445 g/mol. The summed E-state index contributed by atoms with van der Waals surface area (Å²) in [6, 6.07) is 11.2. The quantitative estimate of drug-likeness (QED) is 0.278. The number of halogens is 5. The molecule has 1 aromatic heterocycles. The highest BCUT2D eigenvalue weighted by Crippen LogP contribution is 2.25. The molecule has 0 bridgehead atoms. The van der Waals surface area contributed by atoms with Gasteiger partial charge in [-0.25, -0.2) is 26.9 Å². The summed E-state index contributed by atoms with van der Waals surface area (Å²) in [4.78, 5) is 29.6. The second kappa shape index (κ2) is 8.22. The molecule has 0 fully saturated rings. The topological polar surface area (TPSA) is 64.0 Å². The fourth-order valence-corrected chi connectivity index (χ4v) is 3.17. The maximum absolute atomic E-state index is 13.9. The first-order chi connectivity index (χ1) is 15.3. The van der Waals surface area contributed by atoms with Gasteiger partial charge in [-0.3, -0.25) is 9.59 Å². The summed E-state index contributed by atoms with van der Waals surface area (Å²) in [7, 11) is 0. The van der Waals surface area contributed by atoms with Gasteiger partial charge in [0.1, 0.15) is 18.0 Å². The van der Waals surface area contributed by atoms with Gasteiger partial charge < -0.3 is 9.88 Å². The minimum absolute atomic E-state index is 0.0134. The van der Waals surface area contributed by atoms with E-state index in [1.54, 1.807) is 29.6 Å². The summed E-state index contributed by atoms with van der Waals surface area (Å²) < 4.78 is 69.4. The van der Waals surface area contributed by atoms with Crippen molar-refractivity contribution in [3.05, 3.63) is 95.1 Å². The summed E-state index contributed by atoms with van der Waals surface area (Å²) >= 11 is 0. The van der Waals surface area contributed by atoms with Crippen LogP contribution >= 0.6 is 0 Å². The van der Waals surface area contributed by atoms with Crippen LogP contribution in [0.1, 0.15) is 16.2 Å². The van der Waals surface area contributed by atoms with E-state index in [-0.39, 0.29) is 17.5 Å². The van der Waals surface area contributed by atoms with Crippen LogP contribution in [0.2, 0.25) is 0 Å². The maximum Gasteiger partial charge on any atom is 0.244 e. The van der Waals surface area contributed by atoms with Gasteiger partial charge in [-0.05, 0) is 24.3 Å². The molecule has 4 rings (SSSR count). The van der Waals surface area contributed by atoms with E-state index in [0.717, 1.165) is 16.7 Å². The summed E-state index contributed by atoms with van der Waals surface area (Å²) in [6.07, 6.45) is 0. The van der Waals surface area contributed by atoms with Gasteiger partial charge >= 0.3 is 0 Å². The Morgan fingerprint density at radius 1 is 0.875 bits per heavy atom. The van der Waals surface area contributed by atoms with Crippen molar-refractivity contribution in [2.24, 2.45) is 0 Å². The number of aromatic nitrogens is 2. The molecule has 162 valence electrons. The van der Waals surface area contributed by atoms with Crippen molar-refractivity contribution in [2.45, 2.75) is 6.54 Å². The van der Waals surface area contributed by atoms with E-state index >= 15 is 0 Å². The molecular formula is C22H12F5N3O2. The molecule has 3 aromatic carbocycles. The fraction of sp³-hybridized carbons (Fsp3) is 0.0455. The number of amides is 1. The van der Waals surface area contributed by atoms with E-state index in [4.69, 9.17) is 0 Å². The lowest BCUT2D eigenvalue weighted by Crippen LogP contribution is -2.23. The van der Waals surface area contributed by atoms with Crippen LogP contribution in [0, 0.1) is 29.1 Å². The first-order valence-electron chi connectivity index (χ1n) is 9.14. The van der Waals surface area contributed by atoms with Crippen molar-refractivity contribution >= 4 is 28.4 Å². The Bertz CT molecular complexity index is 1360. The van der Waals surface area contributed by atoms with Crippen molar-refractivity contribution in [3.8, 4) is 0 Å². The van der Waals surface area contributed by atoms with E-state index in [2.05, 4.69) is 4.98 Å². The Morgan fingerprint density at radius 2 is 1.56 bits per heavy atom. The Kier molecular flexibility index (Phi) is 5.43. The van der Waals surface area contributed by atoms with Crippen molar-refractivity contribution < 1.29 is 31.5 Å². The number of nitrogens with one attached hydrogen (secondary N) is 1. The lowest BCUT2D eigenvalue weighted by Gasteiger charge is -2.11. The number of anilines is 1. The predicted octanol–water partition coefficient (Wildman–Crippen LogP) is 4.60. The largest absolute Gasteiger partial charge is 0.319 e. The minimum Gasteiger partial charge on any atom is -0.319 e. The lowest BCUT2D eigenvalue weighted by molar-refractivity contribution is -0.116. The van der Waals surface area contributed by atoms with Crippen molar-refractivity contribution in [1.82, 2.24) is 9.55 Å². The van der Waals surface area contributed by atoms with E-state index in [9.17, 15) is 31.5 Å². The summed E-state index contributed by atoms with van der Waals surface area (Å²) in [5.41, 5.74) is -0.677. The Labute approximate surface area is 177 Å². The second-order valence-electron chi connectivity index (χ2n) is 6.74. The zero-order chi connectivity index (χ0) is 23.0. The summed E-state index contributed by atoms with van der Waals surface area (Å²) in [6.45, 7) is -0.673. The smallest absolute Gasteiger partial charge is 0.244 e. The van der Waals surface area contributed by atoms with Gasteiger partial charge in [-0.2, -0.15) is 0 Å². The van der Waals surface area contributed by atoms with Crippen LogP contribution in [0.4, 0.5) is 27.6 Å². The number of nitrogens with zero attached hydrogens (tertiary/aromatic N) is 2. The molecule has 5 nitrogen and oxygen atoms in total. The maximum atomic E-state index is 13.9. The molecule has 1 amide bonds. The number of rotatable bonds is 5. The monoisotopic (exact) mass is 445 g/mol. The third kappa shape index (κ3) is 3.82. The molecule has 0 radical (unpaired) electrons. The molecule has 0 saturated carbocycles. The van der Waals surface area contributed by atoms with Gasteiger partial charge in [0.05, 0.1) is 11.0 Å². The number of carbonyl (C=O) groups excluding carboxylic acids is 2. The lowest BCUT2D eigenvalue weighted by atomic mass is 10.1. The van der Waals surface area contributed by atoms with Gasteiger partial charge in [-0.15, -0.1) is 0 Å². The number of benzene rings is 3. The van der Waals surface area contributed by atoms with E-state index in [1.165, 1.54) is 12.1 Å². The first-order valence-corrected chi connectivity index (χ1v) is 9.14. The Balaban J connectivity index is 1.73. The zero-order valence-electron chi connectivity index (χ0n) is 16.0. The number of imidazole rings is 1. The Morgan fingerprint density at radius 3 is 2.25 bits per heavy atom. The molecule has 0 atom stereocenters. The number of carbonyl (C=O) groups is 2. The average Bonchev–Trinajstić information content (AvgIpc) is 3.13. The zero-order valence-corrected chi connectivity index (χ0v) is 16.0. The highest BCUT2D eigenvalue weighted by molar-refractivity contribution is 6.08. The molecule has 4 aromatic rings. The fourth-order valence-electron chi connectivity index (χ4n) is 3.17. The third-order valence-corrected chi connectivity index (χ3v) is 4.62. The van der Waals surface area contributed by atoms with Crippen LogP contribution in [0.5, 0.6) is 0 Å². The van der Waals surface area contributed by atoms with Crippen molar-refractivity contribution in [3.63, 3.8) is 0 Å². The van der Waals surface area contributed by atoms with Gasteiger partial charge in [0.25, 0.3) is 0 Å². The molecule has 10 heteroatoms. The van der Waals surface area contributed by atoms with E-state index in [0.29, 0.717) is 11.0 Å². The van der Waals surface area contributed by atoms with Crippen LogP contribution in [-0.2, 0) is 11.3 Å². The normalized spacial score (nSPS) is 11.0. The molecule has 0 aliphatic heterocycles. The summed E-state index contributed by atoms with van der Waals surface area (Å²) in [5, 5.41) is 1.79. The molecular weight excluding hydrogens is 433 g/mol. The van der Waals surface area contributed by atoms with Gasteiger partial charge in [0.2, 0.25) is 11.7 Å². The predicted molar refractivity (Wildman–Crippen MR) is 104 cm³/mol. The van der Waals surface area contributed by atoms with Crippen LogP contribution in [0.15, 0.2) is 54.6 Å². The van der Waals surface area contributed by atoms with E-state index < -0.39 is 53.0 Å². The molecule has 32 heavy (non-hydrogen) atoms. The molecule has 0 aliphatic rings. The van der Waals surface area contributed by atoms with Crippen molar-refractivity contribution in [1.29, 1.82) is 0 Å². The van der Waals surface area contributed by atoms with E-state index in [1.807, 2.05) is 0 Å². The molecule has 0 saturated heterocycles. The highest BCUT2D eigenvalue weighted by atomic mass is 19.2. The van der Waals surface area contributed by atoms with Gasteiger partial charge in [0.15, 0.2) is 29.1 Å². The van der Waals surface area contributed by atoms with Gasteiger partial charge in [-0.1, -0.05) is 24.3 Å². The summed E-state index contributed by atoms with van der Waals surface area (Å²) in [5.74, 6) is -9.60. The van der Waals surface area contributed by atoms with Crippen LogP contribution in [0.3, 0.4) is 0 Å². The van der Waals surface area contributed by atoms with Crippen LogP contribution in [-0.4, -0.2) is 21.2 Å². The minimum atomic E-state index is -1.77. The number of hydrogen-bond donors (Lipinski definition) is 1.